The monoisotopic (exact) mass is 423 g/mol. The Balaban J connectivity index is 1.77. The summed E-state index contributed by atoms with van der Waals surface area (Å²) in [6, 6.07) is 12.9. The summed E-state index contributed by atoms with van der Waals surface area (Å²) in [6.45, 7) is 1.35. The number of piperazine rings is 1. The third-order valence-electron chi connectivity index (χ3n) is 4.13. The summed E-state index contributed by atoms with van der Waals surface area (Å²) in [4.78, 5) is 2.09. The highest BCUT2D eigenvalue weighted by atomic mass is 79.9. The summed E-state index contributed by atoms with van der Waals surface area (Å²) in [5.41, 5.74) is 0.495. The Morgan fingerprint density at radius 3 is 2.28 bits per heavy atom. The molecule has 1 heterocycles. The molecule has 130 valence electrons. The van der Waals surface area contributed by atoms with E-state index in [1.165, 1.54) is 10.4 Å². The van der Waals surface area contributed by atoms with Gasteiger partial charge in [0.1, 0.15) is 17.4 Å². The zero-order valence-electron chi connectivity index (χ0n) is 13.2. The van der Waals surface area contributed by atoms with Gasteiger partial charge < -0.3 is 4.90 Å². The summed E-state index contributed by atoms with van der Waals surface area (Å²) < 4.78 is 41.4. The van der Waals surface area contributed by atoms with Crippen LogP contribution < -0.4 is 4.90 Å². The van der Waals surface area contributed by atoms with Crippen molar-refractivity contribution in [2.24, 2.45) is 0 Å². The van der Waals surface area contributed by atoms with Crippen molar-refractivity contribution in [3.63, 3.8) is 0 Å². The smallest absolute Gasteiger partial charge is 0.243 e. The number of hydrogen-bond donors (Lipinski definition) is 0. The second-order valence-corrected chi connectivity index (χ2v) is 8.44. The maximum absolute atomic E-state index is 13.8. The third-order valence-corrected chi connectivity index (χ3v) is 6.58. The first-order valence-corrected chi connectivity index (χ1v) is 9.86. The Morgan fingerprint density at radius 2 is 1.68 bits per heavy atom. The van der Waals surface area contributed by atoms with Gasteiger partial charge in [0.15, 0.2) is 0 Å². The standard InChI is InChI=1S/C17H15BrFN3O2S/c18-13-4-6-14(7-5-13)25(23,24)22-10-8-21(9-11-22)17-3-1-2-16(19)15(17)12-20/h1-7H,8-11H2. The van der Waals surface area contributed by atoms with Gasteiger partial charge in [-0.05, 0) is 36.4 Å². The van der Waals surface area contributed by atoms with Gasteiger partial charge in [0.2, 0.25) is 10.0 Å². The summed E-state index contributed by atoms with van der Waals surface area (Å²) in [5, 5.41) is 9.16. The van der Waals surface area contributed by atoms with Gasteiger partial charge in [-0.1, -0.05) is 22.0 Å². The van der Waals surface area contributed by atoms with Crippen molar-refractivity contribution in [1.29, 1.82) is 5.26 Å². The second-order valence-electron chi connectivity index (χ2n) is 5.59. The number of rotatable bonds is 3. The Kier molecular flexibility index (Phi) is 5.08. The van der Waals surface area contributed by atoms with E-state index in [1.54, 1.807) is 36.4 Å². The first-order valence-electron chi connectivity index (χ1n) is 7.63. The highest BCUT2D eigenvalue weighted by molar-refractivity contribution is 9.10. The second kappa shape index (κ2) is 7.12. The van der Waals surface area contributed by atoms with E-state index < -0.39 is 15.8 Å². The van der Waals surface area contributed by atoms with Crippen LogP contribution in [0.1, 0.15) is 5.56 Å². The highest BCUT2D eigenvalue weighted by Gasteiger charge is 2.29. The summed E-state index contributed by atoms with van der Waals surface area (Å²) >= 11 is 3.29. The molecule has 5 nitrogen and oxygen atoms in total. The lowest BCUT2D eigenvalue weighted by Gasteiger charge is -2.35. The van der Waals surface area contributed by atoms with Gasteiger partial charge in [0.25, 0.3) is 0 Å². The molecule has 1 aliphatic rings. The molecule has 1 fully saturated rings. The molecule has 1 saturated heterocycles. The van der Waals surface area contributed by atoms with Crippen molar-refractivity contribution in [3.8, 4) is 6.07 Å². The topological polar surface area (TPSA) is 64.4 Å². The van der Waals surface area contributed by atoms with Crippen LogP contribution in [0.15, 0.2) is 51.8 Å². The number of sulfonamides is 1. The SMILES string of the molecule is N#Cc1c(F)cccc1N1CCN(S(=O)(=O)c2ccc(Br)cc2)CC1. The molecule has 2 aromatic rings. The minimum atomic E-state index is -3.56. The summed E-state index contributed by atoms with van der Waals surface area (Å²) in [5.74, 6) is -0.565. The van der Waals surface area contributed by atoms with Crippen molar-refractivity contribution in [1.82, 2.24) is 4.31 Å². The molecule has 2 aromatic carbocycles. The Labute approximate surface area is 154 Å². The minimum Gasteiger partial charge on any atom is -0.368 e. The molecule has 0 saturated carbocycles. The molecule has 0 aliphatic carbocycles. The molecule has 1 aliphatic heterocycles. The molecule has 0 unspecified atom stereocenters. The molecule has 0 bridgehead atoms. The van der Waals surface area contributed by atoms with E-state index in [2.05, 4.69) is 15.9 Å². The molecule has 0 N–H and O–H groups in total. The molecule has 8 heteroatoms. The zero-order valence-corrected chi connectivity index (χ0v) is 15.6. The number of hydrogen-bond acceptors (Lipinski definition) is 4. The molecular weight excluding hydrogens is 409 g/mol. The Bertz CT molecular complexity index is 918. The molecule has 0 radical (unpaired) electrons. The van der Waals surface area contributed by atoms with Crippen molar-refractivity contribution in [2.45, 2.75) is 4.90 Å². The van der Waals surface area contributed by atoms with Gasteiger partial charge in [-0.2, -0.15) is 9.57 Å². The minimum absolute atomic E-state index is 0.00767. The summed E-state index contributed by atoms with van der Waals surface area (Å²) in [6.07, 6.45) is 0. The quantitative estimate of drug-likeness (QED) is 0.760. The molecule has 0 aromatic heterocycles. The lowest BCUT2D eigenvalue weighted by Crippen LogP contribution is -2.48. The van der Waals surface area contributed by atoms with E-state index in [-0.39, 0.29) is 23.5 Å². The highest BCUT2D eigenvalue weighted by Crippen LogP contribution is 2.26. The van der Waals surface area contributed by atoms with Gasteiger partial charge in [0, 0.05) is 30.7 Å². The normalized spacial score (nSPS) is 15.8. The van der Waals surface area contributed by atoms with Crippen LogP contribution in [0.3, 0.4) is 0 Å². The van der Waals surface area contributed by atoms with E-state index >= 15 is 0 Å². The summed E-state index contributed by atoms with van der Waals surface area (Å²) in [7, 11) is -3.56. The molecule has 0 spiro atoms. The van der Waals surface area contributed by atoms with Gasteiger partial charge >= 0.3 is 0 Å². The molecule has 0 amide bonds. The van der Waals surface area contributed by atoms with E-state index in [0.717, 1.165) is 4.47 Å². The first kappa shape index (κ1) is 17.9. The van der Waals surface area contributed by atoms with Crippen molar-refractivity contribution in [3.05, 3.63) is 58.3 Å². The van der Waals surface area contributed by atoms with Crippen LogP contribution in [0.4, 0.5) is 10.1 Å². The van der Waals surface area contributed by atoms with E-state index in [1.807, 2.05) is 11.0 Å². The molecule has 0 atom stereocenters. The van der Waals surface area contributed by atoms with Crippen LogP contribution >= 0.6 is 15.9 Å². The van der Waals surface area contributed by atoms with Gasteiger partial charge in [-0.3, -0.25) is 0 Å². The van der Waals surface area contributed by atoms with Gasteiger partial charge in [-0.15, -0.1) is 0 Å². The average Bonchev–Trinajstić information content (AvgIpc) is 2.62. The fraction of sp³-hybridized carbons (Fsp3) is 0.235. The van der Waals surface area contributed by atoms with Crippen molar-refractivity contribution >= 4 is 31.6 Å². The molecule has 3 rings (SSSR count). The third kappa shape index (κ3) is 3.54. The van der Waals surface area contributed by atoms with Gasteiger partial charge in [0.05, 0.1) is 10.6 Å². The average molecular weight is 424 g/mol. The fourth-order valence-electron chi connectivity index (χ4n) is 2.81. The Morgan fingerprint density at radius 1 is 1.04 bits per heavy atom. The zero-order chi connectivity index (χ0) is 18.0. The molecular formula is C17H15BrFN3O2S. The lowest BCUT2D eigenvalue weighted by molar-refractivity contribution is 0.384. The van der Waals surface area contributed by atoms with Crippen LogP contribution in [0, 0.1) is 17.1 Å². The van der Waals surface area contributed by atoms with Crippen LogP contribution in [-0.2, 0) is 10.0 Å². The van der Waals surface area contributed by atoms with Crippen LogP contribution in [0.5, 0.6) is 0 Å². The Hall–Kier alpha value is -1.95. The number of nitrogens with zero attached hydrogens (tertiary/aromatic N) is 3. The van der Waals surface area contributed by atoms with Crippen molar-refractivity contribution < 1.29 is 12.8 Å². The van der Waals surface area contributed by atoms with Crippen LogP contribution in [-0.4, -0.2) is 38.9 Å². The maximum atomic E-state index is 13.8. The number of anilines is 1. The lowest BCUT2D eigenvalue weighted by atomic mass is 10.1. The van der Waals surface area contributed by atoms with Gasteiger partial charge in [-0.25, -0.2) is 12.8 Å². The predicted octanol–water partition coefficient (Wildman–Crippen LogP) is 2.97. The number of benzene rings is 2. The van der Waals surface area contributed by atoms with E-state index in [0.29, 0.717) is 18.8 Å². The van der Waals surface area contributed by atoms with Crippen molar-refractivity contribution in [2.75, 3.05) is 31.1 Å². The fourth-order valence-corrected chi connectivity index (χ4v) is 4.50. The van der Waals surface area contributed by atoms with E-state index in [9.17, 15) is 12.8 Å². The van der Waals surface area contributed by atoms with Crippen LogP contribution in [0.25, 0.3) is 0 Å². The number of halogens is 2. The predicted molar refractivity (Wildman–Crippen MR) is 96.2 cm³/mol. The van der Waals surface area contributed by atoms with E-state index in [4.69, 9.17) is 5.26 Å². The number of nitriles is 1. The molecule has 25 heavy (non-hydrogen) atoms. The van der Waals surface area contributed by atoms with Crippen LogP contribution in [0.2, 0.25) is 0 Å². The maximum Gasteiger partial charge on any atom is 0.243 e. The first-order chi connectivity index (χ1) is 11.9. The largest absolute Gasteiger partial charge is 0.368 e.